The van der Waals surface area contributed by atoms with E-state index in [2.05, 4.69) is 9.69 Å². The molecule has 0 bridgehead atoms. The number of primary amides is 1. The highest BCUT2D eigenvalue weighted by atomic mass is 32.1. The van der Waals surface area contributed by atoms with Crippen LogP contribution < -0.4 is 26.4 Å². The fourth-order valence-corrected chi connectivity index (χ4v) is 4.30. The van der Waals surface area contributed by atoms with Crippen LogP contribution in [0.2, 0.25) is 0 Å². The number of aromatic hydroxyl groups is 1. The molecule has 0 saturated heterocycles. The number of nitrogens with zero attached hydrogens (tertiary/aromatic N) is 2. The highest BCUT2D eigenvalue weighted by Gasteiger charge is 2.37. The number of aromatic nitrogens is 1. The molecule has 1 atom stereocenters. The number of benzene rings is 2. The number of hydrogen-bond donors (Lipinski definition) is 4. The standard InChI is InChI=1S/C26H31N5O5S/c1-5-26(3,4)29-24(34)21(15-7-11-17(32)12-8-15)31(16-9-13-18(14-10-16)36-6-2)25(35)22-19(27)20(23(28)33)30-37-22/h7-14,21,32H,5-6,27H2,1-4H3,(H2,28,33)(H,29,34)/t21-/m1/s1. The second kappa shape index (κ2) is 11.3. The molecule has 37 heavy (non-hydrogen) atoms. The highest BCUT2D eigenvalue weighted by Crippen LogP contribution is 2.35. The van der Waals surface area contributed by atoms with Gasteiger partial charge in [-0.2, -0.15) is 4.37 Å². The predicted octanol–water partition coefficient (Wildman–Crippen LogP) is 3.62. The van der Waals surface area contributed by atoms with Crippen molar-refractivity contribution in [3.05, 3.63) is 64.7 Å². The number of anilines is 2. The molecule has 0 aliphatic rings. The summed E-state index contributed by atoms with van der Waals surface area (Å²) in [6.07, 6.45) is 0.641. The van der Waals surface area contributed by atoms with Gasteiger partial charge in [-0.3, -0.25) is 19.3 Å². The second-order valence-corrected chi connectivity index (χ2v) is 9.73. The third-order valence-electron chi connectivity index (χ3n) is 5.86. The van der Waals surface area contributed by atoms with E-state index in [9.17, 15) is 19.5 Å². The zero-order valence-corrected chi connectivity index (χ0v) is 22.0. The lowest BCUT2D eigenvalue weighted by atomic mass is 9.98. The maximum absolute atomic E-state index is 14.0. The minimum absolute atomic E-state index is 0.00791. The Morgan fingerprint density at radius 2 is 1.73 bits per heavy atom. The lowest BCUT2D eigenvalue weighted by molar-refractivity contribution is -0.124. The number of phenolic OH excluding ortho intramolecular Hbond substituents is 1. The second-order valence-electron chi connectivity index (χ2n) is 8.96. The molecule has 0 unspecified atom stereocenters. The minimum Gasteiger partial charge on any atom is -0.508 e. The zero-order valence-electron chi connectivity index (χ0n) is 21.1. The van der Waals surface area contributed by atoms with Crippen LogP contribution in [0, 0.1) is 0 Å². The number of nitrogen functional groups attached to an aromatic ring is 1. The number of ether oxygens (including phenoxy) is 1. The molecule has 0 aliphatic heterocycles. The molecule has 0 radical (unpaired) electrons. The van der Waals surface area contributed by atoms with Gasteiger partial charge in [0, 0.05) is 11.2 Å². The number of carbonyl (C=O) groups is 3. The maximum Gasteiger partial charge on any atom is 0.273 e. The van der Waals surface area contributed by atoms with Gasteiger partial charge in [-0.25, -0.2) is 0 Å². The lowest BCUT2D eigenvalue weighted by Crippen LogP contribution is -2.50. The van der Waals surface area contributed by atoms with Crippen molar-refractivity contribution in [2.75, 3.05) is 17.2 Å². The molecule has 0 fully saturated rings. The van der Waals surface area contributed by atoms with Gasteiger partial charge in [-0.05, 0) is 80.7 Å². The molecule has 3 amide bonds. The van der Waals surface area contributed by atoms with E-state index in [-0.39, 0.29) is 22.0 Å². The van der Waals surface area contributed by atoms with Crippen LogP contribution in [0.15, 0.2) is 48.5 Å². The molecule has 0 aliphatic carbocycles. The minimum atomic E-state index is -1.16. The van der Waals surface area contributed by atoms with E-state index in [4.69, 9.17) is 16.2 Å². The summed E-state index contributed by atoms with van der Waals surface area (Å²) in [6.45, 7) is 8.01. The number of hydrogen-bond acceptors (Lipinski definition) is 8. The summed E-state index contributed by atoms with van der Waals surface area (Å²) in [7, 11) is 0. The van der Waals surface area contributed by atoms with Gasteiger partial charge in [0.25, 0.3) is 11.8 Å². The van der Waals surface area contributed by atoms with E-state index in [0.29, 0.717) is 30.0 Å². The third kappa shape index (κ3) is 6.18. The van der Waals surface area contributed by atoms with E-state index in [1.165, 1.54) is 17.0 Å². The quantitative estimate of drug-likeness (QED) is 0.314. The van der Waals surface area contributed by atoms with Crippen molar-refractivity contribution in [3.63, 3.8) is 0 Å². The molecule has 1 heterocycles. The van der Waals surface area contributed by atoms with Crippen LogP contribution in [0.25, 0.3) is 0 Å². The van der Waals surface area contributed by atoms with E-state index in [1.807, 2.05) is 27.7 Å². The first-order valence-corrected chi connectivity index (χ1v) is 12.5. The summed E-state index contributed by atoms with van der Waals surface area (Å²) in [5.41, 5.74) is 11.3. The van der Waals surface area contributed by atoms with Gasteiger partial charge >= 0.3 is 0 Å². The summed E-state index contributed by atoms with van der Waals surface area (Å²) < 4.78 is 9.48. The Labute approximate surface area is 219 Å². The third-order valence-corrected chi connectivity index (χ3v) is 6.71. The Morgan fingerprint density at radius 3 is 2.24 bits per heavy atom. The van der Waals surface area contributed by atoms with Gasteiger partial charge in [-0.15, -0.1) is 0 Å². The average Bonchev–Trinajstić information content (AvgIpc) is 3.25. The van der Waals surface area contributed by atoms with E-state index < -0.39 is 29.3 Å². The predicted molar refractivity (Wildman–Crippen MR) is 143 cm³/mol. The van der Waals surface area contributed by atoms with Gasteiger partial charge < -0.3 is 26.6 Å². The van der Waals surface area contributed by atoms with Gasteiger partial charge in [0.15, 0.2) is 5.69 Å². The molecule has 3 aromatic rings. The van der Waals surface area contributed by atoms with Gasteiger partial charge in [0.2, 0.25) is 5.91 Å². The summed E-state index contributed by atoms with van der Waals surface area (Å²) in [5, 5.41) is 12.9. The molecule has 11 heteroatoms. The Hall–Kier alpha value is -4.12. The monoisotopic (exact) mass is 525 g/mol. The van der Waals surface area contributed by atoms with Crippen molar-refractivity contribution in [3.8, 4) is 11.5 Å². The van der Waals surface area contributed by atoms with Crippen molar-refractivity contribution in [1.29, 1.82) is 0 Å². The molecule has 196 valence electrons. The molecule has 0 spiro atoms. The Bertz CT molecular complexity index is 1270. The van der Waals surface area contributed by atoms with E-state index in [0.717, 1.165) is 11.5 Å². The van der Waals surface area contributed by atoms with Gasteiger partial charge in [0.1, 0.15) is 22.4 Å². The van der Waals surface area contributed by atoms with Crippen molar-refractivity contribution in [1.82, 2.24) is 9.69 Å². The van der Waals surface area contributed by atoms with Crippen LogP contribution in [0.1, 0.15) is 65.9 Å². The summed E-state index contributed by atoms with van der Waals surface area (Å²) >= 11 is 0.728. The van der Waals surface area contributed by atoms with E-state index in [1.54, 1.807) is 36.4 Å². The first-order valence-electron chi connectivity index (χ1n) is 11.7. The summed E-state index contributed by atoms with van der Waals surface area (Å²) in [6, 6.07) is 11.5. The molecule has 0 saturated carbocycles. The molecule has 10 nitrogen and oxygen atoms in total. The number of phenols is 1. The van der Waals surface area contributed by atoms with Crippen LogP contribution >= 0.6 is 11.5 Å². The number of nitrogens with one attached hydrogen (secondary N) is 1. The van der Waals surface area contributed by atoms with Crippen molar-refractivity contribution in [2.45, 2.75) is 45.7 Å². The molecule has 3 rings (SSSR count). The topological polar surface area (TPSA) is 161 Å². The maximum atomic E-state index is 14.0. The Balaban J connectivity index is 2.22. The van der Waals surface area contributed by atoms with E-state index >= 15 is 0 Å². The zero-order chi connectivity index (χ0) is 27.3. The van der Waals surface area contributed by atoms with Crippen molar-refractivity contribution >= 4 is 40.6 Å². The molecular formula is C26H31N5O5S. The molecule has 1 aromatic heterocycles. The Kier molecular flexibility index (Phi) is 8.38. The lowest BCUT2D eigenvalue weighted by Gasteiger charge is -2.34. The fraction of sp³-hybridized carbons (Fsp3) is 0.308. The van der Waals surface area contributed by atoms with Gasteiger partial charge in [-0.1, -0.05) is 19.1 Å². The number of amides is 3. The number of nitrogens with two attached hydrogens (primary N) is 2. The van der Waals surface area contributed by atoms with Crippen LogP contribution in [0.3, 0.4) is 0 Å². The van der Waals surface area contributed by atoms with Crippen LogP contribution in [0.5, 0.6) is 11.5 Å². The van der Waals surface area contributed by atoms with Crippen LogP contribution in [0.4, 0.5) is 11.4 Å². The summed E-state index contributed by atoms with van der Waals surface area (Å²) in [5.74, 6) is -1.36. The van der Waals surface area contributed by atoms with Crippen LogP contribution in [-0.2, 0) is 4.79 Å². The normalized spacial score (nSPS) is 12.0. The van der Waals surface area contributed by atoms with Crippen molar-refractivity contribution in [2.24, 2.45) is 5.73 Å². The van der Waals surface area contributed by atoms with Gasteiger partial charge in [0.05, 0.1) is 12.3 Å². The SMILES string of the molecule is CCOc1ccc(N(C(=O)c2snc(C(N)=O)c2N)[C@@H](C(=O)NC(C)(C)CC)c2ccc(O)cc2)cc1. The first kappa shape index (κ1) is 27.5. The largest absolute Gasteiger partial charge is 0.508 e. The first-order chi connectivity index (χ1) is 17.5. The molecular weight excluding hydrogens is 494 g/mol. The average molecular weight is 526 g/mol. The van der Waals surface area contributed by atoms with Crippen LogP contribution in [-0.4, -0.2) is 39.3 Å². The highest BCUT2D eigenvalue weighted by molar-refractivity contribution is 7.09. The molecule has 2 aromatic carbocycles. The Morgan fingerprint density at radius 1 is 1.11 bits per heavy atom. The fourth-order valence-electron chi connectivity index (χ4n) is 3.56. The number of carbonyl (C=O) groups excluding carboxylic acids is 3. The molecule has 6 N–H and O–H groups in total. The summed E-state index contributed by atoms with van der Waals surface area (Å²) in [4.78, 5) is 40.8. The smallest absolute Gasteiger partial charge is 0.273 e. The number of rotatable bonds is 10. The van der Waals surface area contributed by atoms with Crippen molar-refractivity contribution < 1.29 is 24.2 Å².